The monoisotopic (exact) mass is 261 g/mol. The molecule has 0 radical (unpaired) electrons. The summed E-state index contributed by atoms with van der Waals surface area (Å²) in [6.45, 7) is 0.579. The minimum absolute atomic E-state index is 0.0560. The molecule has 1 aromatic rings. The summed E-state index contributed by atoms with van der Waals surface area (Å²) in [7, 11) is 0. The molecule has 5 heteroatoms. The zero-order valence-corrected chi connectivity index (χ0v) is 9.70. The molecule has 0 aliphatic rings. The van der Waals surface area contributed by atoms with E-state index in [2.05, 4.69) is 11.2 Å². The maximum atomic E-state index is 12.4. The van der Waals surface area contributed by atoms with E-state index in [1.165, 1.54) is 6.07 Å². The van der Waals surface area contributed by atoms with E-state index in [1.807, 2.05) is 0 Å². The molecule has 0 fully saturated rings. The second kappa shape index (κ2) is 5.83. The molecule has 1 rings (SSSR count). The molecule has 0 aliphatic heterocycles. The minimum Gasteiger partial charge on any atom is -0.384 e. The van der Waals surface area contributed by atoms with Gasteiger partial charge in [0.25, 0.3) is 0 Å². The van der Waals surface area contributed by atoms with Gasteiger partial charge in [-0.15, -0.1) is 12.3 Å². The number of hydrogen-bond donors (Lipinski definition) is 1. The van der Waals surface area contributed by atoms with Gasteiger partial charge in [-0.1, -0.05) is 11.6 Å². The zero-order valence-electron chi connectivity index (χ0n) is 8.94. The number of anilines is 1. The van der Waals surface area contributed by atoms with Crippen LogP contribution >= 0.6 is 11.6 Å². The molecule has 0 amide bonds. The Morgan fingerprint density at radius 3 is 2.59 bits per heavy atom. The van der Waals surface area contributed by atoms with Gasteiger partial charge in [-0.3, -0.25) is 0 Å². The molecule has 17 heavy (non-hydrogen) atoms. The Hall–Kier alpha value is -1.34. The number of unbranched alkanes of at least 4 members (excludes halogenated alkanes) is 1. The van der Waals surface area contributed by atoms with Gasteiger partial charge in [0.1, 0.15) is 0 Å². The van der Waals surface area contributed by atoms with Crippen LogP contribution in [-0.2, 0) is 6.18 Å². The van der Waals surface area contributed by atoms with Crippen LogP contribution in [0.5, 0.6) is 0 Å². The Kier molecular flexibility index (Phi) is 4.71. The number of alkyl halides is 3. The largest absolute Gasteiger partial charge is 0.416 e. The Balaban J connectivity index is 2.68. The van der Waals surface area contributed by atoms with Gasteiger partial charge >= 0.3 is 6.18 Å². The van der Waals surface area contributed by atoms with E-state index in [-0.39, 0.29) is 5.02 Å². The Labute approximate surface area is 103 Å². The second-order valence-corrected chi connectivity index (χ2v) is 3.83. The van der Waals surface area contributed by atoms with Crippen molar-refractivity contribution in [1.29, 1.82) is 0 Å². The van der Waals surface area contributed by atoms with Gasteiger partial charge in [-0.25, -0.2) is 0 Å². The second-order valence-electron chi connectivity index (χ2n) is 3.43. The summed E-state index contributed by atoms with van der Waals surface area (Å²) >= 11 is 5.75. The number of nitrogens with one attached hydrogen (secondary N) is 1. The highest BCUT2D eigenvalue weighted by atomic mass is 35.5. The average molecular weight is 262 g/mol. The zero-order chi connectivity index (χ0) is 12.9. The minimum atomic E-state index is -4.37. The molecule has 0 aromatic heterocycles. The predicted molar refractivity (Wildman–Crippen MR) is 63.0 cm³/mol. The van der Waals surface area contributed by atoms with E-state index >= 15 is 0 Å². The number of benzene rings is 1. The number of halogens is 4. The molecule has 0 unspecified atom stereocenters. The van der Waals surface area contributed by atoms with Crippen LogP contribution in [0.3, 0.4) is 0 Å². The fraction of sp³-hybridized carbons (Fsp3) is 0.333. The summed E-state index contributed by atoms with van der Waals surface area (Å²) in [6, 6.07) is 3.22. The molecule has 0 saturated heterocycles. The van der Waals surface area contributed by atoms with E-state index < -0.39 is 11.7 Å². The van der Waals surface area contributed by atoms with Crippen molar-refractivity contribution >= 4 is 17.3 Å². The molecule has 0 saturated carbocycles. The van der Waals surface area contributed by atoms with Crippen molar-refractivity contribution in [3.8, 4) is 12.3 Å². The molecular formula is C12H11ClF3N. The predicted octanol–water partition coefficient (Wildman–Crippen LogP) is 4.18. The molecule has 92 valence electrons. The van der Waals surface area contributed by atoms with Crippen molar-refractivity contribution in [2.75, 3.05) is 11.9 Å². The van der Waals surface area contributed by atoms with Crippen molar-refractivity contribution < 1.29 is 13.2 Å². The summed E-state index contributed by atoms with van der Waals surface area (Å²) in [5.74, 6) is 2.48. The first-order valence-corrected chi connectivity index (χ1v) is 5.37. The molecule has 1 N–H and O–H groups in total. The first-order valence-electron chi connectivity index (χ1n) is 4.99. The van der Waals surface area contributed by atoms with Gasteiger partial charge < -0.3 is 5.32 Å². The highest BCUT2D eigenvalue weighted by Crippen LogP contribution is 2.33. The molecular weight excluding hydrogens is 251 g/mol. The van der Waals surface area contributed by atoms with Crippen molar-refractivity contribution in [1.82, 2.24) is 0 Å². The fourth-order valence-corrected chi connectivity index (χ4v) is 1.50. The van der Waals surface area contributed by atoms with Gasteiger partial charge in [0.05, 0.1) is 16.3 Å². The van der Waals surface area contributed by atoms with Crippen LogP contribution in [0, 0.1) is 12.3 Å². The highest BCUT2D eigenvalue weighted by Gasteiger charge is 2.30. The molecule has 0 heterocycles. The van der Waals surface area contributed by atoms with E-state index in [4.69, 9.17) is 18.0 Å². The van der Waals surface area contributed by atoms with Crippen molar-refractivity contribution in [3.05, 3.63) is 28.8 Å². The van der Waals surface area contributed by atoms with Gasteiger partial charge in [0, 0.05) is 13.0 Å². The Morgan fingerprint density at radius 2 is 2.06 bits per heavy atom. The van der Waals surface area contributed by atoms with Crippen molar-refractivity contribution in [2.24, 2.45) is 0 Å². The van der Waals surface area contributed by atoms with E-state index in [0.29, 0.717) is 18.7 Å². The van der Waals surface area contributed by atoms with Crippen LogP contribution in [0.25, 0.3) is 0 Å². The molecule has 0 bridgehead atoms. The Morgan fingerprint density at radius 1 is 1.35 bits per heavy atom. The maximum Gasteiger partial charge on any atom is 0.416 e. The highest BCUT2D eigenvalue weighted by molar-refractivity contribution is 6.33. The third-order valence-electron chi connectivity index (χ3n) is 2.11. The summed E-state index contributed by atoms with van der Waals surface area (Å²) in [5.41, 5.74) is -0.270. The Bertz CT molecular complexity index is 421. The summed E-state index contributed by atoms with van der Waals surface area (Å²) in [6.07, 6.45) is 2.07. The summed E-state index contributed by atoms with van der Waals surface area (Å²) in [4.78, 5) is 0. The van der Waals surface area contributed by atoms with Crippen molar-refractivity contribution in [2.45, 2.75) is 19.0 Å². The van der Waals surface area contributed by atoms with Crippen molar-refractivity contribution in [3.63, 3.8) is 0 Å². The molecule has 0 aliphatic carbocycles. The lowest BCUT2D eigenvalue weighted by Crippen LogP contribution is -2.06. The smallest absolute Gasteiger partial charge is 0.384 e. The van der Waals surface area contributed by atoms with Gasteiger partial charge in [-0.05, 0) is 24.6 Å². The van der Waals surface area contributed by atoms with Crippen LogP contribution in [0.4, 0.5) is 18.9 Å². The fourth-order valence-electron chi connectivity index (χ4n) is 1.25. The third kappa shape index (κ3) is 4.20. The first kappa shape index (κ1) is 13.7. The van der Waals surface area contributed by atoms with Crippen LogP contribution < -0.4 is 5.32 Å². The lowest BCUT2D eigenvalue weighted by Gasteiger charge is -2.11. The number of rotatable bonds is 4. The maximum absolute atomic E-state index is 12.4. The van der Waals surface area contributed by atoms with Crippen LogP contribution in [0.2, 0.25) is 5.02 Å². The van der Waals surface area contributed by atoms with Crippen LogP contribution in [0.1, 0.15) is 18.4 Å². The van der Waals surface area contributed by atoms with Gasteiger partial charge in [-0.2, -0.15) is 13.2 Å². The first-order chi connectivity index (χ1) is 7.95. The molecule has 1 nitrogen and oxygen atoms in total. The molecule has 0 spiro atoms. The summed E-state index contributed by atoms with van der Waals surface area (Å²) < 4.78 is 37.1. The molecule has 0 atom stereocenters. The van der Waals surface area contributed by atoms with E-state index in [1.54, 1.807) is 0 Å². The summed E-state index contributed by atoms with van der Waals surface area (Å²) in [5, 5.41) is 2.99. The standard InChI is InChI=1S/C12H11ClF3N/c1-2-3-4-7-17-11-6-5-9(8-10(11)13)12(14,15)16/h1,5-6,8,17H,3-4,7H2. The van der Waals surface area contributed by atoms with Crippen LogP contribution in [-0.4, -0.2) is 6.54 Å². The van der Waals surface area contributed by atoms with Gasteiger partial charge in [0.2, 0.25) is 0 Å². The van der Waals surface area contributed by atoms with Gasteiger partial charge in [0.15, 0.2) is 0 Å². The SMILES string of the molecule is C#CCCCNc1ccc(C(F)(F)F)cc1Cl. The number of hydrogen-bond acceptors (Lipinski definition) is 1. The third-order valence-corrected chi connectivity index (χ3v) is 2.42. The quantitative estimate of drug-likeness (QED) is 0.633. The lowest BCUT2D eigenvalue weighted by atomic mass is 10.2. The van der Waals surface area contributed by atoms with E-state index in [0.717, 1.165) is 18.6 Å². The average Bonchev–Trinajstić information content (AvgIpc) is 2.24. The number of terminal acetylenes is 1. The lowest BCUT2D eigenvalue weighted by molar-refractivity contribution is -0.137. The van der Waals surface area contributed by atoms with Crippen LogP contribution in [0.15, 0.2) is 18.2 Å². The van der Waals surface area contributed by atoms with E-state index in [9.17, 15) is 13.2 Å². The molecule has 1 aromatic carbocycles. The topological polar surface area (TPSA) is 12.0 Å². The normalized spacial score (nSPS) is 11.0.